The van der Waals surface area contributed by atoms with Gasteiger partial charge >= 0.3 is 0 Å². The molecule has 0 aliphatic rings. The van der Waals surface area contributed by atoms with Crippen LogP contribution in [0.5, 0.6) is 0 Å². The van der Waals surface area contributed by atoms with Crippen molar-refractivity contribution >= 4 is 34.1 Å². The van der Waals surface area contributed by atoms with Gasteiger partial charge < -0.3 is 4.57 Å². The molecule has 0 spiro atoms. The van der Waals surface area contributed by atoms with Crippen LogP contribution in [0.15, 0.2) is 53.7 Å². The Balaban J connectivity index is 1.36. The Morgan fingerprint density at radius 3 is 2.47 bits per heavy atom. The van der Waals surface area contributed by atoms with Gasteiger partial charge in [-0.25, -0.2) is 4.39 Å². The maximum Gasteiger partial charge on any atom is 0.236 e. The Hall–Kier alpha value is -3.11. The molecule has 7 nitrogen and oxygen atoms in total. The number of halogens is 1. The number of rotatable bonds is 6. The molecule has 0 aliphatic carbocycles. The van der Waals surface area contributed by atoms with Crippen LogP contribution < -0.4 is 5.32 Å². The normalized spacial score (nSPS) is 10.9. The predicted octanol–water partition coefficient (Wildman–Crippen LogP) is 4.18. The SMILES string of the molecule is Cc1ccc(-c2nnc(NC(=O)CSc3nnc(-c4ccc(F)cc4)n3C)s2)cc1. The van der Waals surface area contributed by atoms with Crippen molar-refractivity contribution in [2.45, 2.75) is 12.1 Å². The van der Waals surface area contributed by atoms with E-state index in [0.29, 0.717) is 16.1 Å². The summed E-state index contributed by atoms with van der Waals surface area (Å²) in [4.78, 5) is 12.3. The van der Waals surface area contributed by atoms with Crippen LogP contribution in [0.1, 0.15) is 5.56 Å². The maximum absolute atomic E-state index is 13.1. The molecule has 2 aromatic heterocycles. The van der Waals surface area contributed by atoms with Gasteiger partial charge in [-0.15, -0.1) is 20.4 Å². The molecular weight excluding hydrogens is 423 g/mol. The highest BCUT2D eigenvalue weighted by atomic mass is 32.2. The van der Waals surface area contributed by atoms with Gasteiger partial charge in [-0.05, 0) is 31.2 Å². The first-order valence-corrected chi connectivity index (χ1v) is 10.8. The summed E-state index contributed by atoms with van der Waals surface area (Å²) in [5.74, 6) is 0.228. The minimum absolute atomic E-state index is 0.148. The smallest absolute Gasteiger partial charge is 0.236 e. The summed E-state index contributed by atoms with van der Waals surface area (Å²) < 4.78 is 14.9. The summed E-state index contributed by atoms with van der Waals surface area (Å²) in [5, 5.41) is 21.0. The third-order valence-electron chi connectivity index (χ3n) is 4.24. The van der Waals surface area contributed by atoms with Gasteiger partial charge in [-0.1, -0.05) is 52.9 Å². The van der Waals surface area contributed by atoms with Gasteiger partial charge in [0.05, 0.1) is 5.75 Å². The molecule has 0 saturated heterocycles. The number of aryl methyl sites for hydroxylation is 1. The molecular formula is C20H17FN6OS2. The van der Waals surface area contributed by atoms with E-state index < -0.39 is 0 Å². The molecule has 152 valence electrons. The number of aromatic nitrogens is 5. The quantitative estimate of drug-likeness (QED) is 0.453. The van der Waals surface area contributed by atoms with Crippen LogP contribution in [0.2, 0.25) is 0 Å². The van der Waals surface area contributed by atoms with Crippen molar-refractivity contribution in [3.63, 3.8) is 0 Å². The number of nitrogens with one attached hydrogen (secondary N) is 1. The number of benzene rings is 2. The van der Waals surface area contributed by atoms with E-state index in [1.165, 1.54) is 40.8 Å². The van der Waals surface area contributed by atoms with Crippen LogP contribution >= 0.6 is 23.1 Å². The molecule has 30 heavy (non-hydrogen) atoms. The molecule has 0 radical (unpaired) electrons. The number of nitrogens with zero attached hydrogens (tertiary/aromatic N) is 5. The summed E-state index contributed by atoms with van der Waals surface area (Å²) in [7, 11) is 1.80. The molecule has 0 fully saturated rings. The highest BCUT2D eigenvalue weighted by Gasteiger charge is 2.14. The molecule has 4 rings (SSSR count). The minimum Gasteiger partial charge on any atom is -0.305 e. The topological polar surface area (TPSA) is 85.6 Å². The van der Waals surface area contributed by atoms with Crippen molar-refractivity contribution in [3.8, 4) is 22.0 Å². The van der Waals surface area contributed by atoms with Crippen molar-refractivity contribution in [3.05, 3.63) is 59.9 Å². The van der Waals surface area contributed by atoms with E-state index in [1.54, 1.807) is 23.7 Å². The van der Waals surface area contributed by atoms with E-state index in [4.69, 9.17) is 0 Å². The molecule has 10 heteroatoms. The number of carbonyl (C=O) groups excluding carboxylic acids is 1. The largest absolute Gasteiger partial charge is 0.305 e. The highest BCUT2D eigenvalue weighted by molar-refractivity contribution is 7.99. The lowest BCUT2D eigenvalue weighted by molar-refractivity contribution is -0.113. The van der Waals surface area contributed by atoms with E-state index >= 15 is 0 Å². The fraction of sp³-hybridized carbons (Fsp3) is 0.150. The van der Waals surface area contributed by atoms with E-state index in [9.17, 15) is 9.18 Å². The van der Waals surface area contributed by atoms with Gasteiger partial charge in [0.25, 0.3) is 0 Å². The second-order valence-electron chi connectivity index (χ2n) is 6.49. The first kappa shape index (κ1) is 20.2. The van der Waals surface area contributed by atoms with E-state index in [-0.39, 0.29) is 17.5 Å². The second-order valence-corrected chi connectivity index (χ2v) is 8.41. The Morgan fingerprint density at radius 1 is 1.03 bits per heavy atom. The number of carbonyl (C=O) groups is 1. The van der Waals surface area contributed by atoms with Crippen LogP contribution in [-0.4, -0.2) is 36.6 Å². The number of hydrogen-bond acceptors (Lipinski definition) is 7. The van der Waals surface area contributed by atoms with Gasteiger partial charge in [0.1, 0.15) is 10.8 Å². The summed E-state index contributed by atoms with van der Waals surface area (Å²) >= 11 is 2.58. The fourth-order valence-electron chi connectivity index (χ4n) is 2.66. The standard InChI is InChI=1S/C20H17FN6OS2/c1-12-3-5-14(6-4-12)18-24-25-19(30-18)22-16(28)11-29-20-26-23-17(27(20)2)13-7-9-15(21)10-8-13/h3-10H,11H2,1-2H3,(H,22,25,28). The average Bonchev–Trinajstić information content (AvgIpc) is 3.34. The molecule has 0 bridgehead atoms. The molecule has 1 N–H and O–H groups in total. The fourth-order valence-corrected chi connectivity index (χ4v) is 4.14. The van der Waals surface area contributed by atoms with E-state index in [2.05, 4.69) is 25.7 Å². The molecule has 0 unspecified atom stereocenters. The van der Waals surface area contributed by atoms with Crippen molar-refractivity contribution in [1.82, 2.24) is 25.0 Å². The monoisotopic (exact) mass is 440 g/mol. The lowest BCUT2D eigenvalue weighted by Crippen LogP contribution is -2.14. The van der Waals surface area contributed by atoms with Crippen LogP contribution in [0.25, 0.3) is 22.0 Å². The van der Waals surface area contributed by atoms with Crippen LogP contribution in [0.3, 0.4) is 0 Å². The third kappa shape index (κ3) is 4.55. The third-order valence-corrected chi connectivity index (χ3v) is 6.15. The van der Waals surface area contributed by atoms with Crippen LogP contribution in [-0.2, 0) is 11.8 Å². The Morgan fingerprint density at radius 2 is 1.73 bits per heavy atom. The first-order valence-electron chi connectivity index (χ1n) is 8.98. The summed E-state index contributed by atoms with van der Waals surface area (Å²) in [6.45, 7) is 2.02. The van der Waals surface area contributed by atoms with E-state index in [1.807, 2.05) is 31.2 Å². The van der Waals surface area contributed by atoms with Crippen molar-refractivity contribution in [2.24, 2.45) is 7.05 Å². The van der Waals surface area contributed by atoms with Crippen LogP contribution in [0, 0.1) is 12.7 Å². The van der Waals surface area contributed by atoms with Gasteiger partial charge in [-0.2, -0.15) is 0 Å². The minimum atomic E-state index is -0.311. The maximum atomic E-state index is 13.1. The number of hydrogen-bond donors (Lipinski definition) is 1. The van der Waals surface area contributed by atoms with Crippen molar-refractivity contribution in [2.75, 3.05) is 11.1 Å². The van der Waals surface area contributed by atoms with Gasteiger partial charge in [0.2, 0.25) is 11.0 Å². The molecule has 4 aromatic rings. The molecule has 0 saturated carbocycles. The Labute approximate surface area is 180 Å². The number of thioether (sulfide) groups is 1. The van der Waals surface area contributed by atoms with Gasteiger partial charge in [-0.3, -0.25) is 10.1 Å². The predicted molar refractivity (Wildman–Crippen MR) is 116 cm³/mol. The molecule has 0 aliphatic heterocycles. The molecule has 1 amide bonds. The first-order chi connectivity index (χ1) is 14.5. The zero-order chi connectivity index (χ0) is 21.1. The summed E-state index contributed by atoms with van der Waals surface area (Å²) in [6.07, 6.45) is 0. The van der Waals surface area contributed by atoms with Crippen LogP contribution in [0.4, 0.5) is 9.52 Å². The summed E-state index contributed by atoms with van der Waals surface area (Å²) in [5.41, 5.74) is 2.88. The van der Waals surface area contributed by atoms with Gasteiger partial charge in [0, 0.05) is 18.2 Å². The molecule has 0 atom stereocenters. The zero-order valence-corrected chi connectivity index (χ0v) is 17.8. The van der Waals surface area contributed by atoms with Gasteiger partial charge in [0.15, 0.2) is 11.0 Å². The lowest BCUT2D eigenvalue weighted by Gasteiger charge is -2.04. The number of amides is 1. The van der Waals surface area contributed by atoms with Crippen molar-refractivity contribution < 1.29 is 9.18 Å². The number of anilines is 1. The highest BCUT2D eigenvalue weighted by Crippen LogP contribution is 2.27. The zero-order valence-electron chi connectivity index (χ0n) is 16.2. The molecule has 2 aromatic carbocycles. The average molecular weight is 441 g/mol. The Bertz CT molecular complexity index is 1170. The van der Waals surface area contributed by atoms with E-state index in [0.717, 1.165) is 16.1 Å². The molecule has 2 heterocycles. The summed E-state index contributed by atoms with van der Waals surface area (Å²) in [6, 6.07) is 14.0. The Kier molecular flexibility index (Phi) is 5.86. The van der Waals surface area contributed by atoms with Crippen molar-refractivity contribution in [1.29, 1.82) is 0 Å². The second kappa shape index (κ2) is 8.72. The lowest BCUT2D eigenvalue weighted by atomic mass is 10.2.